The molecule has 1 aromatic rings. The van der Waals surface area contributed by atoms with E-state index < -0.39 is 11.6 Å². The Hall–Kier alpha value is -2.28. The monoisotopic (exact) mass is 307 g/mol. The lowest BCUT2D eigenvalue weighted by Gasteiger charge is -2.28. The van der Waals surface area contributed by atoms with Crippen LogP contribution in [0.1, 0.15) is 24.8 Å². The molecule has 22 heavy (non-hydrogen) atoms. The van der Waals surface area contributed by atoms with Gasteiger partial charge in [-0.05, 0) is 30.7 Å². The van der Waals surface area contributed by atoms with E-state index in [1.165, 1.54) is 0 Å². The SMILES string of the molecule is N/C(=N\O)C1(NC(=O)OCc2ccccc2)CCC(CO)C1. The van der Waals surface area contributed by atoms with Gasteiger partial charge >= 0.3 is 6.09 Å². The third-order valence-electron chi connectivity index (χ3n) is 4.03. The summed E-state index contributed by atoms with van der Waals surface area (Å²) in [7, 11) is 0. The molecule has 1 fully saturated rings. The molecule has 1 saturated carbocycles. The maximum absolute atomic E-state index is 12.0. The standard InChI is InChI=1S/C15H21N3O4/c16-13(18-21)15(7-6-12(8-15)9-19)17-14(20)22-10-11-4-2-1-3-5-11/h1-5,12,19,21H,6-10H2,(H2,16,18)(H,17,20). The molecule has 0 aromatic heterocycles. The van der Waals surface area contributed by atoms with Gasteiger partial charge in [-0.15, -0.1) is 0 Å². The van der Waals surface area contributed by atoms with E-state index in [1.807, 2.05) is 30.3 Å². The van der Waals surface area contributed by atoms with Gasteiger partial charge in [0.1, 0.15) is 12.1 Å². The Bertz CT molecular complexity index is 535. The van der Waals surface area contributed by atoms with E-state index in [0.29, 0.717) is 19.3 Å². The van der Waals surface area contributed by atoms with Gasteiger partial charge in [0.05, 0.1) is 0 Å². The third kappa shape index (κ3) is 3.67. The molecular formula is C15H21N3O4. The number of nitrogens with one attached hydrogen (secondary N) is 1. The minimum absolute atomic E-state index is 0.00119. The number of aliphatic hydroxyl groups excluding tert-OH is 1. The molecule has 0 saturated heterocycles. The van der Waals surface area contributed by atoms with E-state index in [-0.39, 0.29) is 25.0 Å². The molecule has 1 aliphatic carbocycles. The number of rotatable bonds is 5. The van der Waals surface area contributed by atoms with Crippen molar-refractivity contribution in [3.05, 3.63) is 35.9 Å². The van der Waals surface area contributed by atoms with Crippen molar-refractivity contribution >= 4 is 11.9 Å². The molecule has 120 valence electrons. The van der Waals surface area contributed by atoms with Crippen molar-refractivity contribution < 1.29 is 19.8 Å². The number of amidine groups is 1. The van der Waals surface area contributed by atoms with Gasteiger partial charge in [-0.25, -0.2) is 4.79 Å². The van der Waals surface area contributed by atoms with Crippen LogP contribution >= 0.6 is 0 Å². The third-order valence-corrected chi connectivity index (χ3v) is 4.03. The van der Waals surface area contributed by atoms with Gasteiger partial charge in [-0.1, -0.05) is 35.5 Å². The molecule has 2 atom stereocenters. The molecule has 0 aliphatic heterocycles. The van der Waals surface area contributed by atoms with Crippen LogP contribution in [-0.4, -0.2) is 34.4 Å². The molecule has 5 N–H and O–H groups in total. The van der Waals surface area contributed by atoms with Crippen molar-refractivity contribution in [1.29, 1.82) is 0 Å². The number of carbonyl (C=O) groups excluding carboxylic acids is 1. The van der Waals surface area contributed by atoms with Crippen LogP contribution in [0.25, 0.3) is 0 Å². The molecule has 7 heteroatoms. The predicted molar refractivity (Wildman–Crippen MR) is 80.3 cm³/mol. The molecule has 0 spiro atoms. The smallest absolute Gasteiger partial charge is 0.408 e. The highest BCUT2D eigenvalue weighted by Gasteiger charge is 2.44. The lowest BCUT2D eigenvalue weighted by atomic mass is 9.95. The number of aliphatic hydroxyl groups is 1. The van der Waals surface area contributed by atoms with Crippen molar-refractivity contribution in [3.8, 4) is 0 Å². The normalized spacial score (nSPS) is 25.0. The topological polar surface area (TPSA) is 117 Å². The van der Waals surface area contributed by atoms with Gasteiger partial charge in [-0.2, -0.15) is 0 Å². The molecule has 2 unspecified atom stereocenters. The minimum Gasteiger partial charge on any atom is -0.445 e. The number of hydrogen-bond donors (Lipinski definition) is 4. The van der Waals surface area contributed by atoms with Gasteiger partial charge in [0.15, 0.2) is 5.84 Å². The van der Waals surface area contributed by atoms with Crippen molar-refractivity contribution in [2.75, 3.05) is 6.61 Å². The molecule has 7 nitrogen and oxygen atoms in total. The first-order chi connectivity index (χ1) is 10.6. The summed E-state index contributed by atoms with van der Waals surface area (Å²) in [5.41, 5.74) is 5.64. The Labute approximate surface area is 128 Å². The van der Waals surface area contributed by atoms with Crippen molar-refractivity contribution in [2.24, 2.45) is 16.8 Å². The summed E-state index contributed by atoms with van der Waals surface area (Å²) in [6.45, 7) is 0.142. The highest BCUT2D eigenvalue weighted by molar-refractivity contribution is 5.93. The second kappa shape index (κ2) is 7.13. The highest BCUT2D eigenvalue weighted by Crippen LogP contribution is 2.34. The summed E-state index contributed by atoms with van der Waals surface area (Å²) in [6.07, 6.45) is 0.967. The lowest BCUT2D eigenvalue weighted by Crippen LogP contribution is -2.56. The molecular weight excluding hydrogens is 286 g/mol. The summed E-state index contributed by atoms with van der Waals surface area (Å²) >= 11 is 0. The highest BCUT2D eigenvalue weighted by atomic mass is 16.5. The molecule has 1 aliphatic rings. The summed E-state index contributed by atoms with van der Waals surface area (Å²) in [6, 6.07) is 9.30. The van der Waals surface area contributed by atoms with E-state index in [4.69, 9.17) is 15.7 Å². The van der Waals surface area contributed by atoms with E-state index in [1.54, 1.807) is 0 Å². The number of oxime groups is 1. The zero-order chi connectivity index (χ0) is 16.0. The molecule has 0 heterocycles. The zero-order valence-corrected chi connectivity index (χ0v) is 12.2. The number of nitrogens with two attached hydrogens (primary N) is 1. The fourth-order valence-electron chi connectivity index (χ4n) is 2.76. The van der Waals surface area contributed by atoms with Gasteiger partial charge in [-0.3, -0.25) is 0 Å². The van der Waals surface area contributed by atoms with Gasteiger partial charge in [0.25, 0.3) is 0 Å². The van der Waals surface area contributed by atoms with Crippen LogP contribution in [0.5, 0.6) is 0 Å². The summed E-state index contributed by atoms with van der Waals surface area (Å²) < 4.78 is 5.17. The average molecular weight is 307 g/mol. The quantitative estimate of drug-likeness (QED) is 0.282. The fourth-order valence-corrected chi connectivity index (χ4v) is 2.76. The Morgan fingerprint density at radius 1 is 1.45 bits per heavy atom. The second-order valence-corrected chi connectivity index (χ2v) is 5.55. The fraction of sp³-hybridized carbons (Fsp3) is 0.467. The van der Waals surface area contributed by atoms with E-state index in [2.05, 4.69) is 10.5 Å². The molecule has 0 bridgehead atoms. The minimum atomic E-state index is -0.962. The Morgan fingerprint density at radius 2 is 2.18 bits per heavy atom. The van der Waals surface area contributed by atoms with E-state index >= 15 is 0 Å². The van der Waals surface area contributed by atoms with Crippen LogP contribution in [0, 0.1) is 5.92 Å². The Balaban J connectivity index is 1.97. The van der Waals surface area contributed by atoms with Crippen molar-refractivity contribution in [1.82, 2.24) is 5.32 Å². The molecule has 2 rings (SSSR count). The number of nitrogens with zero attached hydrogens (tertiary/aromatic N) is 1. The van der Waals surface area contributed by atoms with Gasteiger partial charge in [0.2, 0.25) is 0 Å². The Morgan fingerprint density at radius 3 is 2.77 bits per heavy atom. The number of carbonyl (C=O) groups is 1. The first-order valence-electron chi connectivity index (χ1n) is 7.17. The largest absolute Gasteiger partial charge is 0.445 e. The number of ether oxygens (including phenoxy) is 1. The van der Waals surface area contributed by atoms with Gasteiger partial charge in [0, 0.05) is 6.61 Å². The lowest BCUT2D eigenvalue weighted by molar-refractivity contribution is 0.131. The number of amides is 1. The van der Waals surface area contributed by atoms with Crippen LogP contribution in [0.15, 0.2) is 35.5 Å². The van der Waals surface area contributed by atoms with E-state index in [0.717, 1.165) is 5.56 Å². The Kier molecular flexibility index (Phi) is 5.21. The number of benzene rings is 1. The first-order valence-corrected chi connectivity index (χ1v) is 7.17. The van der Waals surface area contributed by atoms with Crippen molar-refractivity contribution in [2.45, 2.75) is 31.4 Å². The van der Waals surface area contributed by atoms with Crippen LogP contribution < -0.4 is 11.1 Å². The second-order valence-electron chi connectivity index (χ2n) is 5.55. The molecule has 0 radical (unpaired) electrons. The van der Waals surface area contributed by atoms with Crippen LogP contribution in [0.3, 0.4) is 0 Å². The predicted octanol–water partition coefficient (Wildman–Crippen LogP) is 1.19. The maximum Gasteiger partial charge on any atom is 0.408 e. The number of alkyl carbamates (subject to hydrolysis) is 1. The number of hydrogen-bond acceptors (Lipinski definition) is 5. The summed E-state index contributed by atoms with van der Waals surface area (Å²) in [5.74, 6) is -0.0603. The van der Waals surface area contributed by atoms with E-state index in [9.17, 15) is 9.90 Å². The van der Waals surface area contributed by atoms with Crippen LogP contribution in [0.4, 0.5) is 4.79 Å². The summed E-state index contributed by atoms with van der Waals surface area (Å²) in [4.78, 5) is 12.0. The molecule has 1 aromatic carbocycles. The van der Waals surface area contributed by atoms with Crippen molar-refractivity contribution in [3.63, 3.8) is 0 Å². The average Bonchev–Trinajstić information content (AvgIpc) is 2.97. The van der Waals surface area contributed by atoms with Gasteiger partial charge < -0.3 is 26.1 Å². The zero-order valence-electron chi connectivity index (χ0n) is 12.2. The van der Waals surface area contributed by atoms with Crippen LogP contribution in [-0.2, 0) is 11.3 Å². The summed E-state index contributed by atoms with van der Waals surface area (Å²) in [5, 5.41) is 23.9. The first kappa shape index (κ1) is 16.1. The molecule has 1 amide bonds. The van der Waals surface area contributed by atoms with Crippen LogP contribution in [0.2, 0.25) is 0 Å². The maximum atomic E-state index is 12.0.